The van der Waals surface area contributed by atoms with Crippen LogP contribution >= 0.6 is 0 Å². The Labute approximate surface area is 89.7 Å². The lowest BCUT2D eigenvalue weighted by Gasteiger charge is -2.16. The molecule has 0 aliphatic rings. The second kappa shape index (κ2) is 5.50. The fourth-order valence-corrected chi connectivity index (χ4v) is 1.37. The zero-order chi connectivity index (χ0) is 11.3. The van der Waals surface area contributed by atoms with Crippen LogP contribution in [0.1, 0.15) is 19.2 Å². The molecule has 0 radical (unpaired) electrons. The largest absolute Gasteiger partial charge is 0.368 e. The number of amides is 1. The molecule has 0 saturated heterocycles. The van der Waals surface area contributed by atoms with E-state index in [-0.39, 0.29) is 11.9 Å². The van der Waals surface area contributed by atoms with Gasteiger partial charge in [0.2, 0.25) is 5.91 Å². The zero-order valence-electron chi connectivity index (χ0n) is 9.23. The summed E-state index contributed by atoms with van der Waals surface area (Å²) < 4.78 is 1.91. The summed E-state index contributed by atoms with van der Waals surface area (Å²) in [5.74, 6) is 0.566. The van der Waals surface area contributed by atoms with Crippen LogP contribution in [0.4, 0.5) is 0 Å². The Kier molecular flexibility index (Phi) is 4.30. The van der Waals surface area contributed by atoms with Crippen LogP contribution < -0.4 is 11.1 Å². The van der Waals surface area contributed by atoms with Crippen molar-refractivity contribution < 1.29 is 4.79 Å². The first-order valence-electron chi connectivity index (χ1n) is 5.15. The number of carbonyl (C=O) groups excluding carboxylic acids is 1. The molecule has 0 bridgehead atoms. The molecule has 0 aromatic carbocycles. The minimum absolute atomic E-state index is 0.321. The fraction of sp³-hybridized carbons (Fsp3) is 0.600. The Hall–Kier alpha value is -1.36. The van der Waals surface area contributed by atoms with E-state index in [2.05, 4.69) is 10.3 Å². The number of hydrogen-bond acceptors (Lipinski definition) is 3. The van der Waals surface area contributed by atoms with Crippen LogP contribution in [-0.4, -0.2) is 28.0 Å². The van der Waals surface area contributed by atoms with Crippen molar-refractivity contribution in [2.45, 2.75) is 32.9 Å². The highest BCUT2D eigenvalue weighted by Crippen LogP contribution is 1.98. The van der Waals surface area contributed by atoms with Crippen LogP contribution in [0.25, 0.3) is 0 Å². The second-order valence-corrected chi connectivity index (χ2v) is 3.54. The van der Waals surface area contributed by atoms with Gasteiger partial charge >= 0.3 is 0 Å². The van der Waals surface area contributed by atoms with Gasteiger partial charge in [-0.15, -0.1) is 0 Å². The molecule has 1 rings (SSSR count). The first-order valence-corrected chi connectivity index (χ1v) is 5.15. The molecular formula is C10H18N4O. The maximum atomic E-state index is 11.2. The summed E-state index contributed by atoms with van der Waals surface area (Å²) in [6.07, 6.45) is 4.54. The van der Waals surface area contributed by atoms with E-state index in [1.807, 2.05) is 24.6 Å². The molecule has 0 aliphatic heterocycles. The molecule has 5 heteroatoms. The van der Waals surface area contributed by atoms with Crippen LogP contribution in [0.2, 0.25) is 0 Å². The molecule has 1 heterocycles. The van der Waals surface area contributed by atoms with Crippen molar-refractivity contribution in [3.05, 3.63) is 18.2 Å². The van der Waals surface area contributed by atoms with Gasteiger partial charge in [-0.1, -0.05) is 6.92 Å². The summed E-state index contributed by atoms with van der Waals surface area (Å²) in [6.45, 7) is 5.29. The van der Waals surface area contributed by atoms with Gasteiger partial charge in [-0.2, -0.15) is 0 Å². The number of primary amides is 1. The van der Waals surface area contributed by atoms with Gasteiger partial charge in [-0.3, -0.25) is 4.79 Å². The molecule has 15 heavy (non-hydrogen) atoms. The van der Waals surface area contributed by atoms with Crippen LogP contribution in [0, 0.1) is 6.92 Å². The highest BCUT2D eigenvalue weighted by atomic mass is 16.1. The molecule has 84 valence electrons. The second-order valence-electron chi connectivity index (χ2n) is 3.54. The van der Waals surface area contributed by atoms with Crippen molar-refractivity contribution >= 4 is 5.91 Å². The number of carbonyl (C=O) groups is 1. The maximum Gasteiger partial charge on any atom is 0.236 e. The van der Waals surface area contributed by atoms with Crippen molar-refractivity contribution in [2.75, 3.05) is 6.54 Å². The van der Waals surface area contributed by atoms with Gasteiger partial charge in [0.05, 0.1) is 0 Å². The Balaban J connectivity index is 2.59. The molecule has 0 fully saturated rings. The third-order valence-electron chi connectivity index (χ3n) is 2.29. The lowest BCUT2D eigenvalue weighted by atomic mass is 10.2. The monoisotopic (exact) mass is 210 g/mol. The maximum absolute atomic E-state index is 11.2. The van der Waals surface area contributed by atoms with Crippen LogP contribution in [-0.2, 0) is 11.3 Å². The fourth-order valence-electron chi connectivity index (χ4n) is 1.37. The average molecular weight is 210 g/mol. The minimum Gasteiger partial charge on any atom is -0.368 e. The highest BCUT2D eigenvalue weighted by molar-refractivity contribution is 5.79. The van der Waals surface area contributed by atoms with Gasteiger partial charge < -0.3 is 15.6 Å². The number of nitrogens with one attached hydrogen (secondary N) is 1. The van der Waals surface area contributed by atoms with Crippen molar-refractivity contribution in [3.63, 3.8) is 0 Å². The van der Waals surface area contributed by atoms with E-state index in [9.17, 15) is 4.79 Å². The van der Waals surface area contributed by atoms with Crippen molar-refractivity contribution in [1.82, 2.24) is 14.9 Å². The molecular weight excluding hydrogens is 192 g/mol. The number of nitrogens with zero attached hydrogens (tertiary/aromatic N) is 2. The predicted octanol–water partition coefficient (Wildman–Crippen LogP) is 0.0450. The molecule has 0 aliphatic carbocycles. The highest BCUT2D eigenvalue weighted by Gasteiger charge is 2.15. The molecule has 1 aromatic heterocycles. The summed E-state index contributed by atoms with van der Waals surface area (Å²) >= 11 is 0. The normalized spacial score (nSPS) is 12.7. The lowest BCUT2D eigenvalue weighted by Crippen LogP contribution is -2.44. The predicted molar refractivity (Wildman–Crippen MR) is 58.2 cm³/mol. The molecule has 0 saturated carbocycles. The smallest absolute Gasteiger partial charge is 0.236 e. The van der Waals surface area contributed by atoms with Gasteiger partial charge in [-0.05, 0) is 19.9 Å². The third kappa shape index (κ3) is 3.36. The van der Waals surface area contributed by atoms with E-state index in [1.54, 1.807) is 6.20 Å². The quantitative estimate of drug-likeness (QED) is 0.696. The Morgan fingerprint density at radius 3 is 2.93 bits per heavy atom. The molecule has 1 atom stereocenters. The average Bonchev–Trinajstić information content (AvgIpc) is 2.58. The van der Waals surface area contributed by atoms with Crippen LogP contribution in [0.3, 0.4) is 0 Å². The SMILES string of the molecule is CCCNC(Cn1ccnc1C)C(N)=O. The topological polar surface area (TPSA) is 72.9 Å². The number of nitrogens with two attached hydrogens (primary N) is 1. The lowest BCUT2D eigenvalue weighted by molar-refractivity contribution is -0.120. The Morgan fingerprint density at radius 2 is 2.47 bits per heavy atom. The summed E-state index contributed by atoms with van der Waals surface area (Å²) in [7, 11) is 0. The Morgan fingerprint density at radius 1 is 1.73 bits per heavy atom. The Bertz CT molecular complexity index is 321. The van der Waals surface area contributed by atoms with Crippen molar-refractivity contribution in [1.29, 1.82) is 0 Å². The standard InChI is InChI=1S/C10H18N4O/c1-3-4-13-9(10(11)15)7-14-6-5-12-8(14)2/h5-6,9,13H,3-4,7H2,1-2H3,(H2,11,15). The van der Waals surface area contributed by atoms with E-state index in [0.29, 0.717) is 6.54 Å². The van der Waals surface area contributed by atoms with E-state index >= 15 is 0 Å². The summed E-state index contributed by atoms with van der Waals surface area (Å²) in [5.41, 5.74) is 5.31. The summed E-state index contributed by atoms with van der Waals surface area (Å²) in [4.78, 5) is 15.3. The number of hydrogen-bond donors (Lipinski definition) is 2. The van der Waals surface area contributed by atoms with E-state index < -0.39 is 0 Å². The van der Waals surface area contributed by atoms with E-state index in [4.69, 9.17) is 5.73 Å². The van der Waals surface area contributed by atoms with Gasteiger partial charge in [0.15, 0.2) is 0 Å². The van der Waals surface area contributed by atoms with Gasteiger partial charge in [-0.25, -0.2) is 4.98 Å². The van der Waals surface area contributed by atoms with E-state index in [0.717, 1.165) is 18.8 Å². The van der Waals surface area contributed by atoms with Gasteiger partial charge in [0.25, 0.3) is 0 Å². The minimum atomic E-state index is -0.323. The number of rotatable bonds is 6. The molecule has 1 amide bonds. The third-order valence-corrected chi connectivity index (χ3v) is 2.29. The summed E-state index contributed by atoms with van der Waals surface area (Å²) in [5, 5.41) is 3.11. The number of aromatic nitrogens is 2. The van der Waals surface area contributed by atoms with E-state index in [1.165, 1.54) is 0 Å². The molecule has 0 spiro atoms. The molecule has 5 nitrogen and oxygen atoms in total. The molecule has 1 unspecified atom stereocenters. The van der Waals surface area contributed by atoms with Crippen LogP contribution in [0.15, 0.2) is 12.4 Å². The number of aryl methyl sites for hydroxylation is 1. The van der Waals surface area contributed by atoms with Crippen molar-refractivity contribution in [3.8, 4) is 0 Å². The first-order chi connectivity index (χ1) is 7.15. The van der Waals surface area contributed by atoms with Gasteiger partial charge in [0.1, 0.15) is 11.9 Å². The molecule has 1 aromatic rings. The first kappa shape index (κ1) is 11.7. The van der Waals surface area contributed by atoms with Gasteiger partial charge in [0, 0.05) is 18.9 Å². The number of imidazole rings is 1. The van der Waals surface area contributed by atoms with Crippen LogP contribution in [0.5, 0.6) is 0 Å². The van der Waals surface area contributed by atoms with Crippen molar-refractivity contribution in [2.24, 2.45) is 5.73 Å². The summed E-state index contributed by atoms with van der Waals surface area (Å²) in [6, 6.07) is -0.321. The zero-order valence-corrected chi connectivity index (χ0v) is 9.23. The molecule has 3 N–H and O–H groups in total.